The Balaban J connectivity index is 2.29. The molecule has 0 aliphatic carbocycles. The Bertz CT molecular complexity index is 710. The van der Waals surface area contributed by atoms with Crippen molar-refractivity contribution < 1.29 is 9.18 Å². The first-order valence-corrected chi connectivity index (χ1v) is 6.61. The monoisotopic (exact) mass is 270 g/mol. The first-order valence-electron chi connectivity index (χ1n) is 6.61. The highest BCUT2D eigenvalue weighted by Gasteiger charge is 2.21. The molecule has 1 aliphatic heterocycles. The van der Waals surface area contributed by atoms with Crippen LogP contribution in [0.15, 0.2) is 24.4 Å². The van der Waals surface area contributed by atoms with Crippen molar-refractivity contribution in [3.63, 3.8) is 0 Å². The number of carbonyl (C=O) groups excluding carboxylic acids is 1. The van der Waals surface area contributed by atoms with Crippen LogP contribution in [0.1, 0.15) is 27.0 Å². The molecule has 1 aromatic carbocycles. The number of hydrogen-bond donors (Lipinski definition) is 1. The van der Waals surface area contributed by atoms with Gasteiger partial charge in [0.2, 0.25) is 5.95 Å². The van der Waals surface area contributed by atoms with Gasteiger partial charge in [-0.3, -0.25) is 4.79 Å². The highest BCUT2D eigenvalue weighted by Crippen LogP contribution is 2.32. The van der Waals surface area contributed by atoms with Crippen molar-refractivity contribution in [1.29, 1.82) is 0 Å². The van der Waals surface area contributed by atoms with Gasteiger partial charge in [0.1, 0.15) is 0 Å². The largest absolute Gasteiger partial charge is 0.352 e. The van der Waals surface area contributed by atoms with Gasteiger partial charge in [0, 0.05) is 23.9 Å². The van der Waals surface area contributed by atoms with Crippen molar-refractivity contribution in [2.75, 3.05) is 6.54 Å². The van der Waals surface area contributed by atoms with Crippen LogP contribution in [0.3, 0.4) is 0 Å². The van der Waals surface area contributed by atoms with E-state index in [9.17, 15) is 9.18 Å². The van der Waals surface area contributed by atoms with E-state index in [-0.39, 0.29) is 5.91 Å². The van der Waals surface area contributed by atoms with Crippen LogP contribution in [0.4, 0.5) is 4.39 Å². The predicted octanol–water partition coefficient (Wildman–Crippen LogP) is 2.79. The topological polar surface area (TPSA) is 42.0 Å². The Hall–Kier alpha value is -2.23. The van der Waals surface area contributed by atoms with Gasteiger partial charge in [0.25, 0.3) is 5.91 Å². The number of carbonyl (C=O) groups is 1. The van der Waals surface area contributed by atoms with Gasteiger partial charge in [0.05, 0.1) is 0 Å². The van der Waals surface area contributed by atoms with Crippen molar-refractivity contribution >= 4 is 5.91 Å². The second-order valence-electron chi connectivity index (χ2n) is 5.12. The van der Waals surface area contributed by atoms with E-state index in [1.165, 1.54) is 6.20 Å². The fraction of sp³-hybridized carbons (Fsp3) is 0.250. The summed E-state index contributed by atoms with van der Waals surface area (Å²) >= 11 is 0. The number of halogens is 1. The zero-order chi connectivity index (χ0) is 14.3. The van der Waals surface area contributed by atoms with E-state index in [4.69, 9.17) is 0 Å². The molecule has 0 saturated carbocycles. The van der Waals surface area contributed by atoms with Crippen LogP contribution in [0, 0.1) is 19.8 Å². The maximum absolute atomic E-state index is 13.7. The van der Waals surface area contributed by atoms with Gasteiger partial charge < -0.3 is 5.32 Å². The third-order valence-corrected chi connectivity index (χ3v) is 3.73. The summed E-state index contributed by atoms with van der Waals surface area (Å²) in [5.74, 6) is -0.513. The first kappa shape index (κ1) is 12.8. The third-order valence-electron chi connectivity index (χ3n) is 3.73. The number of hydrogen-bond acceptors (Lipinski definition) is 2. The fourth-order valence-corrected chi connectivity index (χ4v) is 2.73. The highest BCUT2D eigenvalue weighted by molar-refractivity contribution is 5.99. The van der Waals surface area contributed by atoms with Crippen LogP contribution >= 0.6 is 0 Å². The van der Waals surface area contributed by atoms with E-state index < -0.39 is 5.95 Å². The lowest BCUT2D eigenvalue weighted by Gasteiger charge is -2.21. The molecule has 4 heteroatoms. The quantitative estimate of drug-likeness (QED) is 0.810. The molecular formula is C16H15FN2O. The summed E-state index contributed by atoms with van der Waals surface area (Å²) in [6.07, 6.45) is 2.23. The zero-order valence-electron chi connectivity index (χ0n) is 11.5. The standard InChI is InChI=1S/C16H15FN2O/c1-9-7-13(11-3-5-18-15(17)10(11)2)12-4-6-19-16(20)14(12)8-9/h3,5,7-8H,4,6H2,1-2H3,(H,19,20). The Morgan fingerprint density at radius 1 is 1.20 bits per heavy atom. The van der Waals surface area contributed by atoms with Crippen molar-refractivity contribution in [3.05, 3.63) is 52.6 Å². The van der Waals surface area contributed by atoms with Gasteiger partial charge in [0.15, 0.2) is 0 Å². The number of pyridine rings is 1. The summed E-state index contributed by atoms with van der Waals surface area (Å²) in [5.41, 5.74) is 4.95. The molecule has 20 heavy (non-hydrogen) atoms. The molecule has 1 amide bonds. The van der Waals surface area contributed by atoms with Crippen molar-refractivity contribution in [2.24, 2.45) is 0 Å². The Kier molecular flexibility index (Phi) is 3.01. The lowest BCUT2D eigenvalue weighted by atomic mass is 9.88. The van der Waals surface area contributed by atoms with Crippen LogP contribution in [0.2, 0.25) is 0 Å². The van der Waals surface area contributed by atoms with Gasteiger partial charge in [-0.05, 0) is 54.7 Å². The summed E-state index contributed by atoms with van der Waals surface area (Å²) in [6, 6.07) is 5.71. The van der Waals surface area contributed by atoms with Gasteiger partial charge in [-0.25, -0.2) is 4.98 Å². The minimum atomic E-state index is -0.460. The molecule has 0 atom stereocenters. The number of rotatable bonds is 1. The van der Waals surface area contributed by atoms with E-state index in [2.05, 4.69) is 10.3 Å². The number of nitrogens with zero attached hydrogens (tertiary/aromatic N) is 1. The molecule has 1 N–H and O–H groups in total. The molecular weight excluding hydrogens is 255 g/mol. The van der Waals surface area contributed by atoms with Crippen LogP contribution in [-0.2, 0) is 6.42 Å². The van der Waals surface area contributed by atoms with Crippen molar-refractivity contribution in [1.82, 2.24) is 10.3 Å². The van der Waals surface area contributed by atoms with Gasteiger partial charge >= 0.3 is 0 Å². The fourth-order valence-electron chi connectivity index (χ4n) is 2.73. The van der Waals surface area contributed by atoms with Crippen LogP contribution < -0.4 is 5.32 Å². The Labute approximate surface area is 116 Å². The lowest BCUT2D eigenvalue weighted by Crippen LogP contribution is -2.32. The molecule has 1 aromatic heterocycles. The lowest BCUT2D eigenvalue weighted by molar-refractivity contribution is 0.0946. The van der Waals surface area contributed by atoms with Crippen molar-refractivity contribution in [2.45, 2.75) is 20.3 Å². The molecule has 3 rings (SSSR count). The van der Waals surface area contributed by atoms with E-state index in [0.29, 0.717) is 17.7 Å². The summed E-state index contributed by atoms with van der Waals surface area (Å²) in [4.78, 5) is 15.6. The maximum atomic E-state index is 13.7. The Morgan fingerprint density at radius 3 is 2.75 bits per heavy atom. The molecule has 3 nitrogen and oxygen atoms in total. The SMILES string of the molecule is Cc1cc2c(c(-c3ccnc(F)c3C)c1)CCNC2=O. The average molecular weight is 270 g/mol. The van der Waals surface area contributed by atoms with Crippen molar-refractivity contribution in [3.8, 4) is 11.1 Å². The number of benzene rings is 1. The molecule has 2 heterocycles. The van der Waals surface area contributed by atoms with Crippen LogP contribution in [0.25, 0.3) is 11.1 Å². The molecule has 0 radical (unpaired) electrons. The number of fused-ring (bicyclic) bond motifs is 1. The van der Waals surface area contributed by atoms with Gasteiger partial charge in [-0.1, -0.05) is 6.07 Å². The molecule has 1 aliphatic rings. The molecule has 0 unspecified atom stereocenters. The van der Waals surface area contributed by atoms with Gasteiger partial charge in [-0.15, -0.1) is 0 Å². The summed E-state index contributed by atoms with van der Waals surface area (Å²) in [7, 11) is 0. The number of aromatic nitrogens is 1. The van der Waals surface area contributed by atoms with E-state index in [1.807, 2.05) is 19.1 Å². The van der Waals surface area contributed by atoms with E-state index >= 15 is 0 Å². The maximum Gasteiger partial charge on any atom is 0.251 e. The summed E-state index contributed by atoms with van der Waals surface area (Å²) in [6.45, 7) is 4.28. The molecule has 0 saturated heterocycles. The zero-order valence-corrected chi connectivity index (χ0v) is 11.5. The number of aryl methyl sites for hydroxylation is 1. The average Bonchev–Trinajstić information content (AvgIpc) is 2.42. The van der Waals surface area contributed by atoms with Gasteiger partial charge in [-0.2, -0.15) is 4.39 Å². The van der Waals surface area contributed by atoms with E-state index in [1.54, 1.807) is 13.0 Å². The summed E-state index contributed by atoms with van der Waals surface area (Å²) < 4.78 is 13.7. The van der Waals surface area contributed by atoms with Crippen LogP contribution in [0.5, 0.6) is 0 Å². The third kappa shape index (κ3) is 1.97. The smallest absolute Gasteiger partial charge is 0.251 e. The minimum absolute atomic E-state index is 0.0524. The predicted molar refractivity (Wildman–Crippen MR) is 75.1 cm³/mol. The molecule has 0 spiro atoms. The minimum Gasteiger partial charge on any atom is -0.352 e. The number of amides is 1. The van der Waals surface area contributed by atoms with Crippen LogP contribution in [-0.4, -0.2) is 17.4 Å². The first-order chi connectivity index (χ1) is 9.58. The molecule has 102 valence electrons. The molecule has 0 fully saturated rings. The highest BCUT2D eigenvalue weighted by atomic mass is 19.1. The van der Waals surface area contributed by atoms with E-state index in [0.717, 1.165) is 28.7 Å². The molecule has 0 bridgehead atoms. The second kappa shape index (κ2) is 4.71. The second-order valence-corrected chi connectivity index (χ2v) is 5.12. The molecule has 2 aromatic rings. The Morgan fingerprint density at radius 2 is 1.95 bits per heavy atom. The number of nitrogens with one attached hydrogen (secondary N) is 1. The normalized spacial score (nSPS) is 13.8. The summed E-state index contributed by atoms with van der Waals surface area (Å²) in [5, 5.41) is 2.84.